The molecule has 1 aromatic carbocycles. The lowest BCUT2D eigenvalue weighted by molar-refractivity contribution is 0.0945. The Morgan fingerprint density at radius 2 is 2.00 bits per heavy atom. The number of aryl methyl sites for hydroxylation is 1. The van der Waals surface area contributed by atoms with Crippen LogP contribution in [0.1, 0.15) is 21.7 Å². The van der Waals surface area contributed by atoms with E-state index in [1.54, 1.807) is 13.2 Å². The smallest absolute Gasteiger partial charge is 0.270 e. The monoisotopic (exact) mass is 343 g/mol. The third-order valence-corrected chi connectivity index (χ3v) is 3.56. The number of benzene rings is 1. The molecule has 0 aliphatic rings. The Morgan fingerprint density at radius 1 is 1.24 bits per heavy atom. The highest BCUT2D eigenvalue weighted by molar-refractivity contribution is 5.92. The van der Waals surface area contributed by atoms with Gasteiger partial charge in [-0.25, -0.2) is 9.97 Å². The highest BCUT2D eigenvalue weighted by Crippen LogP contribution is 2.16. The molecule has 1 amide bonds. The van der Waals surface area contributed by atoms with E-state index in [0.29, 0.717) is 24.7 Å². The minimum Gasteiger partial charge on any atom is -0.496 e. The minimum atomic E-state index is -0.243. The van der Waals surface area contributed by atoms with Crippen molar-refractivity contribution in [3.63, 3.8) is 0 Å². The zero-order chi connectivity index (χ0) is 18.2. The van der Waals surface area contributed by atoms with Gasteiger partial charge in [0.1, 0.15) is 11.4 Å². The number of amides is 1. The molecule has 0 unspecified atom stereocenters. The van der Waals surface area contributed by atoms with Crippen molar-refractivity contribution in [1.29, 1.82) is 0 Å². The molecule has 7 nitrogen and oxygen atoms in total. The second kappa shape index (κ2) is 8.98. The molecule has 25 heavy (non-hydrogen) atoms. The predicted octanol–water partition coefficient (Wildman–Crippen LogP) is 1.70. The fourth-order valence-electron chi connectivity index (χ4n) is 2.27. The lowest BCUT2D eigenvalue weighted by Gasteiger charge is -2.12. The van der Waals surface area contributed by atoms with Crippen LogP contribution in [-0.4, -0.2) is 55.1 Å². The molecule has 7 heteroatoms. The van der Waals surface area contributed by atoms with Gasteiger partial charge in [-0.15, -0.1) is 0 Å². The molecular weight excluding hydrogens is 318 g/mol. The van der Waals surface area contributed by atoms with Crippen molar-refractivity contribution in [2.24, 2.45) is 0 Å². The Bertz CT molecular complexity index is 718. The summed E-state index contributed by atoms with van der Waals surface area (Å²) in [7, 11) is 5.60. The SMILES string of the molecule is COc1ccccc1CNC(=O)c1cc(C)nc(NCCN(C)C)n1. The summed E-state index contributed by atoms with van der Waals surface area (Å²) < 4.78 is 5.29. The fourth-order valence-corrected chi connectivity index (χ4v) is 2.27. The van der Waals surface area contributed by atoms with Gasteiger partial charge in [-0.3, -0.25) is 4.79 Å². The molecule has 0 fully saturated rings. The lowest BCUT2D eigenvalue weighted by atomic mass is 10.2. The summed E-state index contributed by atoms with van der Waals surface area (Å²) in [5.41, 5.74) is 1.99. The number of nitrogens with one attached hydrogen (secondary N) is 2. The molecule has 1 heterocycles. The Morgan fingerprint density at radius 3 is 2.72 bits per heavy atom. The first-order valence-corrected chi connectivity index (χ1v) is 8.14. The molecule has 0 bridgehead atoms. The predicted molar refractivity (Wildman–Crippen MR) is 98.0 cm³/mol. The summed E-state index contributed by atoms with van der Waals surface area (Å²) in [6, 6.07) is 9.26. The molecule has 2 N–H and O–H groups in total. The molecule has 0 radical (unpaired) electrons. The van der Waals surface area contributed by atoms with Crippen molar-refractivity contribution in [1.82, 2.24) is 20.2 Å². The van der Waals surface area contributed by atoms with Crippen LogP contribution in [0.25, 0.3) is 0 Å². The van der Waals surface area contributed by atoms with Crippen molar-refractivity contribution in [3.05, 3.63) is 47.3 Å². The third kappa shape index (κ3) is 5.72. The van der Waals surface area contributed by atoms with Crippen LogP contribution in [0, 0.1) is 6.92 Å². The van der Waals surface area contributed by atoms with Gasteiger partial charge in [0.25, 0.3) is 5.91 Å². The molecule has 0 saturated carbocycles. The maximum atomic E-state index is 12.4. The molecule has 0 aliphatic heterocycles. The zero-order valence-electron chi connectivity index (χ0n) is 15.2. The number of para-hydroxylation sites is 1. The van der Waals surface area contributed by atoms with Crippen LogP contribution in [0.4, 0.5) is 5.95 Å². The molecule has 0 atom stereocenters. The first kappa shape index (κ1) is 18.7. The van der Waals surface area contributed by atoms with Crippen LogP contribution in [0.2, 0.25) is 0 Å². The summed E-state index contributed by atoms with van der Waals surface area (Å²) in [6.07, 6.45) is 0. The molecular formula is C18H25N5O2. The van der Waals surface area contributed by atoms with Gasteiger partial charge in [0.2, 0.25) is 5.95 Å². The Balaban J connectivity index is 2.02. The number of nitrogens with zero attached hydrogens (tertiary/aromatic N) is 3. The van der Waals surface area contributed by atoms with E-state index in [1.165, 1.54) is 0 Å². The van der Waals surface area contributed by atoms with Gasteiger partial charge in [-0.2, -0.15) is 0 Å². The number of ether oxygens (including phenoxy) is 1. The minimum absolute atomic E-state index is 0.243. The Hall–Kier alpha value is -2.67. The Labute approximate surface area is 148 Å². The maximum Gasteiger partial charge on any atom is 0.270 e. The van der Waals surface area contributed by atoms with Crippen molar-refractivity contribution in [2.75, 3.05) is 39.6 Å². The van der Waals surface area contributed by atoms with Crippen LogP contribution in [-0.2, 0) is 6.54 Å². The van der Waals surface area contributed by atoms with Crippen LogP contribution in [0.3, 0.4) is 0 Å². The molecule has 1 aromatic heterocycles. The number of hydrogen-bond acceptors (Lipinski definition) is 6. The molecule has 134 valence electrons. The van der Waals surface area contributed by atoms with E-state index in [2.05, 4.69) is 25.5 Å². The van der Waals surface area contributed by atoms with Crippen LogP contribution >= 0.6 is 0 Å². The van der Waals surface area contributed by atoms with Gasteiger partial charge in [-0.1, -0.05) is 18.2 Å². The summed E-state index contributed by atoms with van der Waals surface area (Å²) in [5, 5.41) is 6.01. The second-order valence-corrected chi connectivity index (χ2v) is 5.94. The maximum absolute atomic E-state index is 12.4. The number of carbonyl (C=O) groups is 1. The number of methoxy groups -OCH3 is 1. The lowest BCUT2D eigenvalue weighted by Crippen LogP contribution is -2.25. The average Bonchev–Trinajstić information content (AvgIpc) is 2.59. The van der Waals surface area contributed by atoms with Gasteiger partial charge < -0.3 is 20.3 Å². The van der Waals surface area contributed by atoms with E-state index in [-0.39, 0.29) is 5.91 Å². The Kier molecular flexibility index (Phi) is 6.71. The van der Waals surface area contributed by atoms with Gasteiger partial charge in [0, 0.05) is 30.9 Å². The van der Waals surface area contributed by atoms with Crippen molar-refractivity contribution < 1.29 is 9.53 Å². The number of hydrogen-bond donors (Lipinski definition) is 2. The zero-order valence-corrected chi connectivity index (χ0v) is 15.2. The number of rotatable bonds is 8. The largest absolute Gasteiger partial charge is 0.496 e. The number of anilines is 1. The number of carbonyl (C=O) groups excluding carboxylic acids is 1. The summed E-state index contributed by atoms with van der Waals surface area (Å²) in [4.78, 5) is 23.1. The summed E-state index contributed by atoms with van der Waals surface area (Å²) in [5.74, 6) is 0.962. The van der Waals surface area contributed by atoms with E-state index in [0.717, 1.165) is 23.6 Å². The van der Waals surface area contributed by atoms with Gasteiger partial charge in [-0.05, 0) is 33.2 Å². The van der Waals surface area contributed by atoms with Gasteiger partial charge in [0.05, 0.1) is 7.11 Å². The van der Waals surface area contributed by atoms with Gasteiger partial charge in [0.15, 0.2) is 0 Å². The average molecular weight is 343 g/mol. The van der Waals surface area contributed by atoms with E-state index < -0.39 is 0 Å². The van der Waals surface area contributed by atoms with E-state index in [4.69, 9.17) is 4.74 Å². The second-order valence-electron chi connectivity index (χ2n) is 5.94. The number of aromatic nitrogens is 2. The molecule has 0 spiro atoms. The van der Waals surface area contributed by atoms with E-state index in [9.17, 15) is 4.79 Å². The first-order valence-electron chi connectivity index (χ1n) is 8.14. The van der Waals surface area contributed by atoms with Crippen molar-refractivity contribution in [3.8, 4) is 5.75 Å². The third-order valence-electron chi connectivity index (χ3n) is 3.56. The van der Waals surface area contributed by atoms with Crippen LogP contribution in [0.15, 0.2) is 30.3 Å². The van der Waals surface area contributed by atoms with E-state index >= 15 is 0 Å². The van der Waals surface area contributed by atoms with Crippen molar-refractivity contribution in [2.45, 2.75) is 13.5 Å². The molecule has 0 saturated heterocycles. The standard InChI is InChI=1S/C18H25N5O2/c1-13-11-15(22-18(21-13)19-9-10-23(2)3)17(24)20-12-14-7-5-6-8-16(14)25-4/h5-8,11H,9-10,12H2,1-4H3,(H,20,24)(H,19,21,22). The van der Waals surface area contributed by atoms with Crippen LogP contribution in [0.5, 0.6) is 5.75 Å². The highest BCUT2D eigenvalue weighted by Gasteiger charge is 2.11. The van der Waals surface area contributed by atoms with Gasteiger partial charge >= 0.3 is 0 Å². The molecule has 2 rings (SSSR count). The topological polar surface area (TPSA) is 79.4 Å². The summed E-state index contributed by atoms with van der Waals surface area (Å²) >= 11 is 0. The van der Waals surface area contributed by atoms with Crippen molar-refractivity contribution >= 4 is 11.9 Å². The van der Waals surface area contributed by atoms with Crippen LogP contribution < -0.4 is 15.4 Å². The number of likely N-dealkylation sites (N-methyl/N-ethyl adjacent to an activating group) is 1. The van der Waals surface area contributed by atoms with E-state index in [1.807, 2.05) is 45.3 Å². The fraction of sp³-hybridized carbons (Fsp3) is 0.389. The first-order chi connectivity index (χ1) is 12.0. The summed E-state index contributed by atoms with van der Waals surface area (Å²) in [6.45, 7) is 3.77. The normalized spacial score (nSPS) is 10.6. The molecule has 0 aliphatic carbocycles. The quantitative estimate of drug-likeness (QED) is 0.759. The molecule has 2 aromatic rings. The highest BCUT2D eigenvalue weighted by atomic mass is 16.5.